The van der Waals surface area contributed by atoms with E-state index >= 15 is 0 Å². The van der Waals surface area contributed by atoms with Crippen LogP contribution < -0.4 is 5.73 Å². The Hall–Kier alpha value is -0.340. The number of benzene rings is 1. The fourth-order valence-electron chi connectivity index (χ4n) is 2.18. The van der Waals surface area contributed by atoms with Gasteiger partial charge in [-0.25, -0.2) is 0 Å². The Morgan fingerprint density at radius 2 is 1.81 bits per heavy atom. The molecule has 1 nitrogen and oxygen atoms in total. The number of hydrogen-bond donors (Lipinski definition) is 1. The van der Waals surface area contributed by atoms with Crippen molar-refractivity contribution in [1.29, 1.82) is 0 Å². The topological polar surface area (TPSA) is 26.0 Å². The van der Waals surface area contributed by atoms with Crippen LogP contribution in [0.2, 0.25) is 5.02 Å². The summed E-state index contributed by atoms with van der Waals surface area (Å²) in [6.07, 6.45) is 8.07. The Morgan fingerprint density at radius 3 is 2.44 bits per heavy atom. The van der Waals surface area contributed by atoms with E-state index in [0.717, 1.165) is 15.6 Å². The highest BCUT2D eigenvalue weighted by molar-refractivity contribution is 8.00. The molecule has 1 aromatic rings. The van der Waals surface area contributed by atoms with Crippen LogP contribution in [0.25, 0.3) is 0 Å². The molecule has 0 heterocycles. The summed E-state index contributed by atoms with van der Waals surface area (Å²) in [5, 5.41) is 1.50. The van der Waals surface area contributed by atoms with Gasteiger partial charge in [-0.3, -0.25) is 0 Å². The van der Waals surface area contributed by atoms with Crippen molar-refractivity contribution in [3.8, 4) is 0 Å². The number of nitrogen functional groups attached to an aromatic ring is 1. The van der Waals surface area contributed by atoms with Crippen molar-refractivity contribution >= 4 is 29.1 Å². The van der Waals surface area contributed by atoms with Gasteiger partial charge in [-0.2, -0.15) is 0 Å². The van der Waals surface area contributed by atoms with Crippen molar-refractivity contribution in [2.45, 2.75) is 48.7 Å². The summed E-state index contributed by atoms with van der Waals surface area (Å²) in [4.78, 5) is 1.08. The zero-order chi connectivity index (χ0) is 11.4. The van der Waals surface area contributed by atoms with Crippen molar-refractivity contribution in [2.75, 3.05) is 5.73 Å². The summed E-state index contributed by atoms with van der Waals surface area (Å²) >= 11 is 8.06. The van der Waals surface area contributed by atoms with E-state index in [0.29, 0.717) is 5.25 Å². The largest absolute Gasteiger partial charge is 0.398 e. The first-order valence-corrected chi connectivity index (χ1v) is 7.24. The van der Waals surface area contributed by atoms with E-state index in [1.54, 1.807) is 0 Å². The van der Waals surface area contributed by atoms with E-state index in [9.17, 15) is 0 Å². The van der Waals surface area contributed by atoms with Crippen LogP contribution in [-0.2, 0) is 0 Å². The number of nitrogens with two attached hydrogens (primary N) is 1. The quantitative estimate of drug-likeness (QED) is 0.610. The van der Waals surface area contributed by atoms with Gasteiger partial charge in [0.25, 0.3) is 0 Å². The second-order valence-corrected chi connectivity index (χ2v) is 6.11. The molecule has 0 radical (unpaired) electrons. The molecule has 0 unspecified atom stereocenters. The van der Waals surface area contributed by atoms with E-state index in [4.69, 9.17) is 17.3 Å². The van der Waals surface area contributed by atoms with Gasteiger partial charge in [-0.05, 0) is 25.0 Å². The lowest BCUT2D eigenvalue weighted by Crippen LogP contribution is -2.01. The molecule has 0 amide bonds. The lowest BCUT2D eigenvalue weighted by atomic mass is 10.2. The Bertz CT molecular complexity index is 326. The Balaban J connectivity index is 2.07. The Labute approximate surface area is 107 Å². The van der Waals surface area contributed by atoms with Gasteiger partial charge in [0.1, 0.15) is 0 Å². The van der Waals surface area contributed by atoms with E-state index in [1.165, 1.54) is 38.5 Å². The van der Waals surface area contributed by atoms with Gasteiger partial charge in [0.05, 0.1) is 5.02 Å². The van der Waals surface area contributed by atoms with Gasteiger partial charge in [-0.1, -0.05) is 43.4 Å². The lowest BCUT2D eigenvalue weighted by molar-refractivity contribution is 0.702. The van der Waals surface area contributed by atoms with E-state index in [1.807, 2.05) is 30.0 Å². The highest BCUT2D eigenvalue weighted by Gasteiger charge is 2.16. The van der Waals surface area contributed by atoms with Crippen LogP contribution in [-0.4, -0.2) is 5.25 Å². The van der Waals surface area contributed by atoms with Gasteiger partial charge in [0.2, 0.25) is 0 Å². The average molecular weight is 256 g/mol. The zero-order valence-corrected chi connectivity index (χ0v) is 11.0. The summed E-state index contributed by atoms with van der Waals surface area (Å²) in [7, 11) is 0. The van der Waals surface area contributed by atoms with Gasteiger partial charge in [0.15, 0.2) is 0 Å². The first-order chi connectivity index (χ1) is 7.77. The molecular weight excluding hydrogens is 238 g/mol. The van der Waals surface area contributed by atoms with Gasteiger partial charge >= 0.3 is 0 Å². The third-order valence-corrected chi connectivity index (χ3v) is 5.01. The normalized spacial score (nSPS) is 18.3. The Morgan fingerprint density at radius 1 is 1.12 bits per heavy atom. The van der Waals surface area contributed by atoms with Gasteiger partial charge in [0, 0.05) is 15.8 Å². The molecule has 1 saturated carbocycles. The predicted octanol–water partition coefficient (Wildman–Crippen LogP) is 4.74. The van der Waals surface area contributed by atoms with Crippen molar-refractivity contribution in [1.82, 2.24) is 0 Å². The summed E-state index contributed by atoms with van der Waals surface area (Å²) < 4.78 is 0. The molecule has 1 aliphatic rings. The highest BCUT2D eigenvalue weighted by atomic mass is 35.5. The molecule has 0 aromatic heterocycles. The molecule has 88 valence electrons. The minimum absolute atomic E-state index is 0.699. The highest BCUT2D eigenvalue weighted by Crippen LogP contribution is 2.39. The lowest BCUT2D eigenvalue weighted by Gasteiger charge is -2.15. The van der Waals surface area contributed by atoms with Crippen LogP contribution in [0.15, 0.2) is 23.1 Å². The molecule has 0 saturated heterocycles. The van der Waals surface area contributed by atoms with Crippen molar-refractivity contribution < 1.29 is 0 Å². The smallest absolute Gasteiger partial charge is 0.0562 e. The van der Waals surface area contributed by atoms with Crippen LogP contribution >= 0.6 is 23.4 Å². The van der Waals surface area contributed by atoms with Crippen LogP contribution in [0.3, 0.4) is 0 Å². The summed E-state index contributed by atoms with van der Waals surface area (Å²) in [5.41, 5.74) is 6.79. The van der Waals surface area contributed by atoms with Crippen LogP contribution in [0.1, 0.15) is 38.5 Å². The van der Waals surface area contributed by atoms with Crippen LogP contribution in [0.5, 0.6) is 0 Å². The molecule has 0 atom stereocenters. The van der Waals surface area contributed by atoms with Gasteiger partial charge in [-0.15, -0.1) is 11.8 Å². The average Bonchev–Trinajstić information content (AvgIpc) is 2.52. The maximum absolute atomic E-state index is 6.19. The van der Waals surface area contributed by atoms with Crippen molar-refractivity contribution in [2.24, 2.45) is 0 Å². The summed E-state index contributed by atoms with van der Waals surface area (Å²) in [6, 6.07) is 5.77. The maximum atomic E-state index is 6.19. The predicted molar refractivity (Wildman–Crippen MR) is 73.2 cm³/mol. The fourth-order valence-corrected chi connectivity index (χ4v) is 3.78. The minimum atomic E-state index is 0.699. The molecular formula is C13H18ClNS. The SMILES string of the molecule is Nc1cccc(Cl)c1SC1CCCCCC1. The molecule has 3 heteroatoms. The molecule has 0 bridgehead atoms. The van der Waals surface area contributed by atoms with Crippen LogP contribution in [0, 0.1) is 0 Å². The Kier molecular flexibility index (Phi) is 4.42. The van der Waals surface area contributed by atoms with Crippen molar-refractivity contribution in [3.63, 3.8) is 0 Å². The standard InChI is InChI=1S/C13H18ClNS/c14-11-8-5-9-12(15)13(11)16-10-6-3-1-2-4-7-10/h5,8-10H,1-4,6-7,15H2. The molecule has 1 aromatic carbocycles. The monoisotopic (exact) mass is 255 g/mol. The molecule has 2 rings (SSSR count). The number of anilines is 1. The van der Waals surface area contributed by atoms with Crippen molar-refractivity contribution in [3.05, 3.63) is 23.2 Å². The first-order valence-electron chi connectivity index (χ1n) is 5.98. The minimum Gasteiger partial charge on any atom is -0.398 e. The second kappa shape index (κ2) is 5.83. The summed E-state index contributed by atoms with van der Waals surface area (Å²) in [5.74, 6) is 0. The third kappa shape index (κ3) is 3.08. The second-order valence-electron chi connectivity index (χ2n) is 4.39. The third-order valence-electron chi connectivity index (χ3n) is 3.08. The number of hydrogen-bond acceptors (Lipinski definition) is 2. The van der Waals surface area contributed by atoms with E-state index in [2.05, 4.69) is 0 Å². The number of halogens is 1. The summed E-state index contributed by atoms with van der Waals surface area (Å²) in [6.45, 7) is 0. The zero-order valence-electron chi connectivity index (χ0n) is 9.42. The molecule has 16 heavy (non-hydrogen) atoms. The van der Waals surface area contributed by atoms with E-state index < -0.39 is 0 Å². The van der Waals surface area contributed by atoms with Gasteiger partial charge < -0.3 is 5.73 Å². The number of rotatable bonds is 2. The maximum Gasteiger partial charge on any atom is 0.0562 e. The van der Waals surface area contributed by atoms with Crippen LogP contribution in [0.4, 0.5) is 5.69 Å². The molecule has 1 aliphatic carbocycles. The fraction of sp³-hybridized carbons (Fsp3) is 0.538. The molecule has 0 spiro atoms. The van der Waals surface area contributed by atoms with E-state index in [-0.39, 0.29) is 0 Å². The molecule has 0 aliphatic heterocycles. The molecule has 1 fully saturated rings. The first kappa shape index (κ1) is 12.1. The number of thioether (sulfide) groups is 1. The molecule has 2 N–H and O–H groups in total.